The van der Waals surface area contributed by atoms with Gasteiger partial charge in [-0.25, -0.2) is 4.68 Å². The Morgan fingerprint density at radius 1 is 1.32 bits per heavy atom. The van der Waals surface area contributed by atoms with Gasteiger partial charge in [-0.3, -0.25) is 4.79 Å². The maximum Gasteiger partial charge on any atom is 0.262 e. The van der Waals surface area contributed by atoms with Gasteiger partial charge >= 0.3 is 0 Å². The first-order chi connectivity index (χ1) is 13.4. The van der Waals surface area contributed by atoms with E-state index in [1.807, 2.05) is 30.7 Å². The molecule has 3 rings (SSSR count). The number of aromatic nitrogens is 3. The Morgan fingerprint density at radius 3 is 2.68 bits per heavy atom. The van der Waals surface area contributed by atoms with E-state index in [9.17, 15) is 10.1 Å². The molecule has 0 aliphatic heterocycles. The molecule has 1 fully saturated rings. The van der Waals surface area contributed by atoms with Crippen LogP contribution in [0.3, 0.4) is 0 Å². The van der Waals surface area contributed by atoms with E-state index in [0.717, 1.165) is 48.5 Å². The minimum absolute atomic E-state index is 0.156. The van der Waals surface area contributed by atoms with Crippen LogP contribution in [-0.2, 0) is 4.79 Å². The number of carbonyl (C=O) groups excluding carboxylic acids is 1. The Kier molecular flexibility index (Phi) is 6.03. The van der Waals surface area contributed by atoms with Gasteiger partial charge < -0.3 is 9.88 Å². The van der Waals surface area contributed by atoms with Crippen molar-refractivity contribution in [2.24, 2.45) is 0 Å². The second-order valence-corrected chi connectivity index (χ2v) is 7.87. The van der Waals surface area contributed by atoms with Gasteiger partial charge in [0, 0.05) is 29.5 Å². The highest BCUT2D eigenvalue weighted by molar-refractivity contribution is 6.02. The summed E-state index contributed by atoms with van der Waals surface area (Å²) in [6.07, 6.45) is 9.00. The Balaban J connectivity index is 1.89. The van der Waals surface area contributed by atoms with Gasteiger partial charge in [0.1, 0.15) is 17.5 Å². The van der Waals surface area contributed by atoms with Crippen molar-refractivity contribution in [3.8, 4) is 11.9 Å². The summed E-state index contributed by atoms with van der Waals surface area (Å²) >= 11 is 0. The van der Waals surface area contributed by atoms with Gasteiger partial charge in [0.2, 0.25) is 0 Å². The lowest BCUT2D eigenvalue weighted by Gasteiger charge is -2.22. The highest BCUT2D eigenvalue weighted by atomic mass is 16.1. The highest BCUT2D eigenvalue weighted by Crippen LogP contribution is 2.24. The molecule has 2 heterocycles. The normalized spacial score (nSPS) is 15.6. The number of nitriles is 1. The van der Waals surface area contributed by atoms with Crippen molar-refractivity contribution in [1.29, 1.82) is 5.26 Å². The third-order valence-corrected chi connectivity index (χ3v) is 5.44. The molecule has 0 radical (unpaired) electrons. The minimum atomic E-state index is -0.272. The van der Waals surface area contributed by atoms with Gasteiger partial charge in [0.05, 0.1) is 6.20 Å². The van der Waals surface area contributed by atoms with Crippen molar-refractivity contribution in [3.63, 3.8) is 0 Å². The van der Waals surface area contributed by atoms with Crippen LogP contribution in [0.25, 0.3) is 11.9 Å². The molecule has 1 aliphatic rings. The number of hydrogen-bond acceptors (Lipinski definition) is 3. The van der Waals surface area contributed by atoms with Crippen LogP contribution in [0.5, 0.6) is 0 Å². The lowest BCUT2D eigenvalue weighted by atomic mass is 9.95. The Labute approximate surface area is 166 Å². The Morgan fingerprint density at radius 2 is 2.04 bits per heavy atom. The molecule has 148 valence electrons. The summed E-state index contributed by atoms with van der Waals surface area (Å²) in [7, 11) is 0. The maximum absolute atomic E-state index is 12.6. The van der Waals surface area contributed by atoms with Gasteiger partial charge in [-0.2, -0.15) is 10.4 Å². The first-order valence-corrected chi connectivity index (χ1v) is 10.1. The number of carbonyl (C=O) groups is 1. The zero-order valence-electron chi connectivity index (χ0n) is 17.2. The topological polar surface area (TPSA) is 75.6 Å². The molecule has 6 nitrogen and oxygen atoms in total. The number of amides is 1. The minimum Gasteiger partial charge on any atom is -0.349 e. The van der Waals surface area contributed by atoms with Crippen molar-refractivity contribution in [2.45, 2.75) is 71.9 Å². The summed E-state index contributed by atoms with van der Waals surface area (Å²) in [6, 6.07) is 6.50. The highest BCUT2D eigenvalue weighted by Gasteiger charge is 2.20. The summed E-state index contributed by atoms with van der Waals surface area (Å²) in [5.74, 6) is 0.709. The molecule has 0 bridgehead atoms. The van der Waals surface area contributed by atoms with E-state index in [1.165, 1.54) is 6.42 Å². The standard InChI is InChI=1S/C22H29N5O/c1-15(2)27-21(10-11-24-27)26-16(3)12-18(17(26)4)13-19(14-23)22(28)25-20-8-6-5-7-9-20/h10-13,15,20H,5-9H2,1-4H3,(H,25,28)/b19-13+. The third kappa shape index (κ3) is 4.04. The van der Waals surface area contributed by atoms with E-state index in [2.05, 4.69) is 34.9 Å². The molecule has 0 atom stereocenters. The van der Waals surface area contributed by atoms with Gasteiger partial charge in [-0.05, 0) is 58.2 Å². The molecule has 1 N–H and O–H groups in total. The van der Waals surface area contributed by atoms with Gasteiger partial charge in [-0.15, -0.1) is 0 Å². The van der Waals surface area contributed by atoms with Crippen molar-refractivity contribution in [1.82, 2.24) is 19.7 Å². The lowest BCUT2D eigenvalue weighted by Crippen LogP contribution is -2.36. The van der Waals surface area contributed by atoms with Crippen LogP contribution < -0.4 is 5.32 Å². The molecule has 0 saturated heterocycles. The van der Waals surface area contributed by atoms with Gasteiger partial charge in [-0.1, -0.05) is 19.3 Å². The average Bonchev–Trinajstić information content (AvgIpc) is 3.24. The Bertz CT molecular complexity index is 919. The van der Waals surface area contributed by atoms with Crippen LogP contribution in [0.15, 0.2) is 23.9 Å². The van der Waals surface area contributed by atoms with Crippen LogP contribution in [0.2, 0.25) is 0 Å². The van der Waals surface area contributed by atoms with Gasteiger partial charge in [0.15, 0.2) is 0 Å². The predicted molar refractivity (Wildman–Crippen MR) is 110 cm³/mol. The fraction of sp³-hybridized carbons (Fsp3) is 0.500. The number of rotatable bonds is 5. The van der Waals surface area contributed by atoms with E-state index >= 15 is 0 Å². The average molecular weight is 380 g/mol. The molecule has 2 aromatic rings. The van der Waals surface area contributed by atoms with E-state index in [-0.39, 0.29) is 23.6 Å². The molecule has 28 heavy (non-hydrogen) atoms. The number of hydrogen-bond donors (Lipinski definition) is 1. The predicted octanol–water partition coefficient (Wildman–Crippen LogP) is 4.23. The number of aryl methyl sites for hydroxylation is 1. The van der Waals surface area contributed by atoms with Crippen molar-refractivity contribution in [2.75, 3.05) is 0 Å². The first-order valence-electron chi connectivity index (χ1n) is 10.1. The number of nitrogens with zero attached hydrogens (tertiary/aromatic N) is 4. The third-order valence-electron chi connectivity index (χ3n) is 5.44. The van der Waals surface area contributed by atoms with Crippen LogP contribution in [0, 0.1) is 25.2 Å². The SMILES string of the molecule is Cc1cc(/C=C(\C#N)C(=O)NC2CCCCC2)c(C)n1-c1ccnn1C(C)C. The van der Waals surface area contributed by atoms with E-state index in [0.29, 0.717) is 0 Å². The van der Waals surface area contributed by atoms with E-state index < -0.39 is 0 Å². The largest absolute Gasteiger partial charge is 0.349 e. The zero-order valence-corrected chi connectivity index (χ0v) is 17.2. The molecular weight excluding hydrogens is 350 g/mol. The fourth-order valence-corrected chi connectivity index (χ4v) is 3.98. The maximum atomic E-state index is 12.6. The summed E-state index contributed by atoms with van der Waals surface area (Å²) in [5.41, 5.74) is 3.06. The smallest absolute Gasteiger partial charge is 0.262 e. The summed E-state index contributed by atoms with van der Waals surface area (Å²) in [4.78, 5) is 12.6. The van der Waals surface area contributed by atoms with Crippen LogP contribution >= 0.6 is 0 Å². The van der Waals surface area contributed by atoms with E-state index in [1.54, 1.807) is 12.3 Å². The number of nitrogens with one attached hydrogen (secondary N) is 1. The molecule has 1 saturated carbocycles. The first kappa shape index (κ1) is 19.9. The van der Waals surface area contributed by atoms with Crippen LogP contribution in [0.1, 0.15) is 68.9 Å². The second kappa shape index (κ2) is 8.47. The molecule has 1 aliphatic carbocycles. The summed E-state index contributed by atoms with van der Waals surface area (Å²) < 4.78 is 4.08. The molecule has 2 aromatic heterocycles. The molecule has 0 aromatic carbocycles. The monoisotopic (exact) mass is 379 g/mol. The van der Waals surface area contributed by atoms with Crippen molar-refractivity contribution < 1.29 is 4.79 Å². The summed E-state index contributed by atoms with van der Waals surface area (Å²) in [5, 5.41) is 17.0. The van der Waals surface area contributed by atoms with Crippen LogP contribution in [-0.4, -0.2) is 26.3 Å². The molecule has 6 heteroatoms. The summed E-state index contributed by atoms with van der Waals surface area (Å²) in [6.45, 7) is 8.21. The Hall–Kier alpha value is -2.81. The van der Waals surface area contributed by atoms with Gasteiger partial charge in [0.25, 0.3) is 5.91 Å². The molecule has 0 spiro atoms. The fourth-order valence-electron chi connectivity index (χ4n) is 3.98. The molecule has 1 amide bonds. The second-order valence-electron chi connectivity index (χ2n) is 7.87. The van der Waals surface area contributed by atoms with Crippen molar-refractivity contribution in [3.05, 3.63) is 40.9 Å². The van der Waals surface area contributed by atoms with Crippen LogP contribution in [0.4, 0.5) is 0 Å². The lowest BCUT2D eigenvalue weighted by molar-refractivity contribution is -0.117. The van der Waals surface area contributed by atoms with E-state index in [4.69, 9.17) is 0 Å². The molecule has 0 unspecified atom stereocenters. The van der Waals surface area contributed by atoms with Crippen molar-refractivity contribution >= 4 is 12.0 Å². The zero-order chi connectivity index (χ0) is 20.3. The quantitative estimate of drug-likeness (QED) is 0.624. The molecular formula is C22H29N5O.